The molecule has 5 fully saturated rings. The van der Waals surface area contributed by atoms with Crippen LogP contribution < -0.4 is 4.74 Å². The van der Waals surface area contributed by atoms with E-state index in [1.807, 2.05) is 0 Å². The normalized spacial score (nSPS) is 39.9. The molecule has 7 aliphatic rings. The van der Waals surface area contributed by atoms with Gasteiger partial charge in [0.2, 0.25) is 5.91 Å². The average Bonchev–Trinajstić information content (AvgIpc) is 3.52. The highest BCUT2D eigenvalue weighted by atomic mass is 16.5. The van der Waals surface area contributed by atoms with Crippen molar-refractivity contribution in [1.82, 2.24) is 14.7 Å². The van der Waals surface area contributed by atoms with Crippen molar-refractivity contribution in [3.63, 3.8) is 0 Å². The number of nitrogens with zero attached hydrogens (tertiary/aromatic N) is 3. The minimum Gasteiger partial charge on any atom is -0.504 e. The third-order valence-corrected chi connectivity index (χ3v) is 11.9. The van der Waals surface area contributed by atoms with Crippen LogP contribution in [0.15, 0.2) is 12.1 Å². The lowest BCUT2D eigenvalue weighted by Gasteiger charge is -2.67. The van der Waals surface area contributed by atoms with Crippen molar-refractivity contribution in [2.45, 2.75) is 106 Å². The topological polar surface area (TPSA) is 76.5 Å². The number of piperidine rings is 2. The Morgan fingerprint density at radius 2 is 1.84 bits per heavy atom. The molecule has 2 N–H and O–H groups in total. The van der Waals surface area contributed by atoms with E-state index in [0.29, 0.717) is 18.6 Å². The molecule has 2 saturated carbocycles. The van der Waals surface area contributed by atoms with Crippen molar-refractivity contribution in [2.75, 3.05) is 39.3 Å². The van der Waals surface area contributed by atoms with E-state index in [-0.39, 0.29) is 23.8 Å². The van der Waals surface area contributed by atoms with E-state index >= 15 is 0 Å². The maximum absolute atomic E-state index is 13.9. The number of carbonyl (C=O) groups excluding carboxylic acids is 1. The lowest BCUT2D eigenvalue weighted by Crippen LogP contribution is -2.80. The van der Waals surface area contributed by atoms with E-state index in [1.54, 1.807) is 6.07 Å². The summed E-state index contributed by atoms with van der Waals surface area (Å²) in [5.74, 6) is 1.80. The lowest BCUT2D eigenvalue weighted by atomic mass is 9.45. The molecule has 1 aromatic carbocycles. The second-order valence-corrected chi connectivity index (χ2v) is 13.7. The van der Waals surface area contributed by atoms with Crippen molar-refractivity contribution >= 4 is 5.91 Å². The predicted molar refractivity (Wildman–Crippen MR) is 143 cm³/mol. The maximum atomic E-state index is 13.9. The zero-order chi connectivity index (χ0) is 25.7. The SMILES string of the molecule is O=C(CCN1CCCCC1)N1CCC[C@]12CC[C@@]1(O)[C@H]3Cc4ccc(O)c5c4[C@@]1(CCN3CC1CC1)[C@H]2O5. The van der Waals surface area contributed by atoms with Crippen LogP contribution in [0.25, 0.3) is 0 Å². The largest absolute Gasteiger partial charge is 0.504 e. The summed E-state index contributed by atoms with van der Waals surface area (Å²) in [6.45, 7) is 5.87. The van der Waals surface area contributed by atoms with Gasteiger partial charge in [0.15, 0.2) is 11.5 Å². The van der Waals surface area contributed by atoms with Gasteiger partial charge in [-0.25, -0.2) is 0 Å². The number of aliphatic hydroxyl groups is 1. The van der Waals surface area contributed by atoms with Crippen molar-refractivity contribution < 1.29 is 19.7 Å². The summed E-state index contributed by atoms with van der Waals surface area (Å²) < 4.78 is 6.88. The van der Waals surface area contributed by atoms with Crippen molar-refractivity contribution in [1.29, 1.82) is 0 Å². The van der Waals surface area contributed by atoms with E-state index in [9.17, 15) is 15.0 Å². The first-order valence-corrected chi connectivity index (χ1v) is 15.5. The Morgan fingerprint density at radius 3 is 2.66 bits per heavy atom. The number of rotatable bonds is 5. The molecule has 5 atom stereocenters. The van der Waals surface area contributed by atoms with Crippen LogP contribution in [-0.2, 0) is 16.6 Å². The highest BCUT2D eigenvalue weighted by Crippen LogP contribution is 2.69. The number of carbonyl (C=O) groups is 1. The van der Waals surface area contributed by atoms with Crippen molar-refractivity contribution in [2.24, 2.45) is 5.92 Å². The molecule has 38 heavy (non-hydrogen) atoms. The zero-order valence-corrected chi connectivity index (χ0v) is 22.7. The number of fused-ring (bicyclic) bond motifs is 1. The third-order valence-electron chi connectivity index (χ3n) is 11.9. The molecular weight excluding hydrogens is 478 g/mol. The lowest BCUT2D eigenvalue weighted by molar-refractivity contribution is -0.217. The molecule has 1 amide bonds. The first-order valence-electron chi connectivity index (χ1n) is 15.5. The summed E-state index contributed by atoms with van der Waals surface area (Å²) in [7, 11) is 0. The van der Waals surface area contributed by atoms with Crippen LogP contribution in [0.4, 0.5) is 0 Å². The average molecular weight is 522 g/mol. The minimum absolute atomic E-state index is 0.0768. The molecule has 8 rings (SSSR count). The zero-order valence-electron chi connectivity index (χ0n) is 22.7. The predicted octanol–water partition coefficient (Wildman–Crippen LogP) is 3.19. The van der Waals surface area contributed by atoms with Crippen LogP contribution in [-0.4, -0.2) is 93.4 Å². The highest BCUT2D eigenvalue weighted by molar-refractivity contribution is 5.78. The number of hydrogen-bond acceptors (Lipinski definition) is 6. The quantitative estimate of drug-likeness (QED) is 0.620. The molecule has 206 valence electrons. The van der Waals surface area contributed by atoms with Gasteiger partial charge in [0.1, 0.15) is 6.10 Å². The number of ether oxygens (including phenoxy) is 1. The minimum atomic E-state index is -0.896. The molecular formula is C31H43N3O4. The van der Waals surface area contributed by atoms with Gasteiger partial charge in [-0.05, 0) is 101 Å². The second kappa shape index (κ2) is 8.34. The molecule has 2 spiro atoms. The summed E-state index contributed by atoms with van der Waals surface area (Å²) in [5, 5.41) is 23.8. The molecule has 0 unspecified atom stereocenters. The molecule has 7 heteroatoms. The Morgan fingerprint density at radius 1 is 1.00 bits per heavy atom. The van der Waals surface area contributed by atoms with Gasteiger partial charge in [0.05, 0.1) is 16.6 Å². The van der Waals surface area contributed by atoms with Gasteiger partial charge in [-0.2, -0.15) is 0 Å². The van der Waals surface area contributed by atoms with Crippen LogP contribution >= 0.6 is 0 Å². The monoisotopic (exact) mass is 521 g/mol. The summed E-state index contributed by atoms with van der Waals surface area (Å²) in [6, 6.07) is 3.94. The van der Waals surface area contributed by atoms with Crippen LogP contribution in [0, 0.1) is 5.92 Å². The maximum Gasteiger partial charge on any atom is 0.224 e. The van der Waals surface area contributed by atoms with E-state index in [1.165, 1.54) is 37.7 Å². The Bertz CT molecular complexity index is 1150. The Hall–Kier alpha value is -1.83. The fourth-order valence-electron chi connectivity index (χ4n) is 9.96. The number of likely N-dealkylation sites (tertiary alicyclic amines) is 3. The Balaban J connectivity index is 1.17. The Labute approximate surface area is 226 Å². The van der Waals surface area contributed by atoms with Crippen molar-refractivity contribution in [3.8, 4) is 11.5 Å². The van der Waals surface area contributed by atoms with E-state index in [0.717, 1.165) is 82.9 Å². The molecule has 2 bridgehead atoms. The number of benzene rings is 1. The fraction of sp³-hybridized carbons (Fsp3) is 0.774. The number of aromatic hydroxyl groups is 1. The van der Waals surface area contributed by atoms with Gasteiger partial charge in [-0.3, -0.25) is 9.69 Å². The first-order chi connectivity index (χ1) is 18.5. The molecule has 0 aromatic heterocycles. The summed E-state index contributed by atoms with van der Waals surface area (Å²) >= 11 is 0. The van der Waals surface area contributed by atoms with Gasteiger partial charge in [-0.15, -0.1) is 0 Å². The summed E-state index contributed by atoms with van der Waals surface area (Å²) in [6.07, 6.45) is 11.7. The van der Waals surface area contributed by atoms with E-state index in [4.69, 9.17) is 4.74 Å². The molecule has 7 nitrogen and oxygen atoms in total. The molecule has 0 radical (unpaired) electrons. The van der Waals surface area contributed by atoms with Gasteiger partial charge < -0.3 is 24.7 Å². The summed E-state index contributed by atoms with van der Waals surface area (Å²) in [4.78, 5) is 21.1. The molecule has 3 aliphatic carbocycles. The van der Waals surface area contributed by atoms with E-state index < -0.39 is 16.6 Å². The third kappa shape index (κ3) is 3.10. The van der Waals surface area contributed by atoms with Crippen LogP contribution in [0.3, 0.4) is 0 Å². The van der Waals surface area contributed by atoms with Gasteiger partial charge >= 0.3 is 0 Å². The van der Waals surface area contributed by atoms with Gasteiger partial charge in [0, 0.05) is 37.7 Å². The van der Waals surface area contributed by atoms with Crippen LogP contribution in [0.1, 0.15) is 81.8 Å². The molecule has 1 aromatic rings. The van der Waals surface area contributed by atoms with Crippen molar-refractivity contribution in [3.05, 3.63) is 23.3 Å². The number of phenols is 1. The smallest absolute Gasteiger partial charge is 0.224 e. The van der Waals surface area contributed by atoms with E-state index in [2.05, 4.69) is 20.8 Å². The van der Waals surface area contributed by atoms with Gasteiger partial charge in [-0.1, -0.05) is 12.5 Å². The molecule has 4 aliphatic heterocycles. The van der Waals surface area contributed by atoms with Gasteiger partial charge in [0.25, 0.3) is 0 Å². The summed E-state index contributed by atoms with van der Waals surface area (Å²) in [5.41, 5.74) is 0.433. The first kappa shape index (κ1) is 24.0. The van der Waals surface area contributed by atoms with Crippen LogP contribution in [0.2, 0.25) is 0 Å². The fourth-order valence-corrected chi connectivity index (χ4v) is 9.96. The number of amides is 1. The second-order valence-electron chi connectivity index (χ2n) is 13.7. The Kier molecular flexibility index (Phi) is 5.27. The number of hydrogen-bond donors (Lipinski definition) is 2. The number of phenolic OH excluding ortho intramolecular Hbond substituents is 1. The van der Waals surface area contributed by atoms with Crippen LogP contribution in [0.5, 0.6) is 11.5 Å². The molecule has 3 saturated heterocycles. The molecule has 4 heterocycles. The highest BCUT2D eigenvalue weighted by Gasteiger charge is 2.77. The standard InChI is InChI=1S/C31H43N3O4/c35-23-8-7-22-19-24-31(37)12-11-29(10-4-16-34(29)25(36)9-17-32-14-2-1-3-15-32)28-30(31,26(22)27(23)38-28)13-18-33(24)20-21-5-6-21/h7-8,21,24,28,35,37H,1-6,9-20H2/t24-,28+,29-,30+,31-/m1/s1.